The molecule has 112 valence electrons. The Kier molecular flexibility index (Phi) is 5.26. The van der Waals surface area contributed by atoms with Crippen LogP contribution in [0.15, 0.2) is 6.07 Å². The Hall–Kier alpha value is -1.89. The molecule has 20 heavy (non-hydrogen) atoms. The molecule has 0 fully saturated rings. The van der Waals surface area contributed by atoms with Crippen LogP contribution in [0.5, 0.6) is 0 Å². The molecule has 0 spiro atoms. The van der Waals surface area contributed by atoms with Crippen molar-refractivity contribution in [3.8, 4) is 0 Å². The molecule has 1 atom stereocenters. The van der Waals surface area contributed by atoms with Gasteiger partial charge in [0.05, 0.1) is 17.5 Å². The molecule has 0 aromatic carbocycles. The summed E-state index contributed by atoms with van der Waals surface area (Å²) < 4.78 is 0. The average Bonchev–Trinajstić information content (AvgIpc) is 2.35. The Morgan fingerprint density at radius 3 is 2.55 bits per heavy atom. The van der Waals surface area contributed by atoms with Crippen LogP contribution < -0.4 is 16.2 Å². The highest BCUT2D eigenvalue weighted by Crippen LogP contribution is 2.17. The summed E-state index contributed by atoms with van der Waals surface area (Å²) in [7, 11) is 1.76. The molecule has 1 rings (SSSR count). The third-order valence-electron chi connectivity index (χ3n) is 2.61. The van der Waals surface area contributed by atoms with Gasteiger partial charge in [-0.25, -0.2) is 0 Å². The summed E-state index contributed by atoms with van der Waals surface area (Å²) in [4.78, 5) is 11.7. The molecule has 1 heterocycles. The van der Waals surface area contributed by atoms with Crippen LogP contribution in [-0.2, 0) is 11.2 Å². The fourth-order valence-corrected chi connectivity index (χ4v) is 1.43. The SMILES string of the molecule is CNc1cc(NNC(=O)C(C)(C)C)nnc1CC(C)O. The molecule has 0 radical (unpaired) electrons. The molecular weight excluding hydrogens is 258 g/mol. The average molecular weight is 281 g/mol. The van der Waals surface area contributed by atoms with Crippen LogP contribution in [0.3, 0.4) is 0 Å². The zero-order valence-electron chi connectivity index (χ0n) is 12.6. The zero-order chi connectivity index (χ0) is 15.3. The lowest BCUT2D eigenvalue weighted by Crippen LogP contribution is -2.38. The molecule has 4 N–H and O–H groups in total. The molecule has 0 bridgehead atoms. The zero-order valence-corrected chi connectivity index (χ0v) is 12.6. The van der Waals surface area contributed by atoms with Crippen LogP contribution >= 0.6 is 0 Å². The second kappa shape index (κ2) is 6.51. The molecule has 0 saturated carbocycles. The van der Waals surface area contributed by atoms with E-state index in [1.165, 1.54) is 0 Å². The van der Waals surface area contributed by atoms with Gasteiger partial charge in [0, 0.05) is 24.9 Å². The van der Waals surface area contributed by atoms with E-state index < -0.39 is 11.5 Å². The van der Waals surface area contributed by atoms with Crippen molar-refractivity contribution >= 4 is 17.4 Å². The van der Waals surface area contributed by atoms with Crippen molar-refractivity contribution in [2.75, 3.05) is 17.8 Å². The van der Waals surface area contributed by atoms with Gasteiger partial charge in [0.25, 0.3) is 0 Å². The topological polar surface area (TPSA) is 99.2 Å². The number of aliphatic hydroxyl groups excluding tert-OH is 1. The van der Waals surface area contributed by atoms with Gasteiger partial charge in [0.15, 0.2) is 5.82 Å². The minimum Gasteiger partial charge on any atom is -0.393 e. The minimum atomic E-state index is -0.490. The fourth-order valence-electron chi connectivity index (χ4n) is 1.43. The number of aliphatic hydroxyl groups is 1. The molecule has 1 amide bonds. The number of rotatable bonds is 5. The maximum absolute atomic E-state index is 11.7. The number of carbonyl (C=O) groups is 1. The van der Waals surface area contributed by atoms with Crippen molar-refractivity contribution in [3.05, 3.63) is 11.8 Å². The lowest BCUT2D eigenvalue weighted by atomic mass is 9.96. The highest BCUT2D eigenvalue weighted by atomic mass is 16.3. The number of anilines is 2. The van der Waals surface area contributed by atoms with Crippen LogP contribution in [0, 0.1) is 5.41 Å². The first-order valence-corrected chi connectivity index (χ1v) is 6.53. The number of hydrogen-bond acceptors (Lipinski definition) is 6. The standard InChI is InChI=1S/C13H23N5O2/c1-8(19)6-10-9(14-5)7-11(16-15-10)17-18-12(20)13(2,3)4/h7-8,19H,6H2,1-5H3,(H,18,20)(H2,14,16,17). The lowest BCUT2D eigenvalue weighted by molar-refractivity contribution is -0.127. The highest BCUT2D eigenvalue weighted by Gasteiger charge is 2.21. The van der Waals surface area contributed by atoms with Crippen LogP contribution in [0.1, 0.15) is 33.4 Å². The maximum atomic E-state index is 11.7. The molecule has 1 unspecified atom stereocenters. The normalized spacial score (nSPS) is 12.7. The number of nitrogens with zero attached hydrogens (tertiary/aromatic N) is 2. The molecule has 0 saturated heterocycles. The molecule has 0 aliphatic carbocycles. The Balaban J connectivity index is 2.76. The van der Waals surface area contributed by atoms with Crippen molar-refractivity contribution in [2.24, 2.45) is 5.41 Å². The quantitative estimate of drug-likeness (QED) is 0.599. The summed E-state index contributed by atoms with van der Waals surface area (Å²) in [5.41, 5.74) is 6.26. The summed E-state index contributed by atoms with van der Waals surface area (Å²) >= 11 is 0. The smallest absolute Gasteiger partial charge is 0.243 e. The Bertz CT molecular complexity index is 468. The second-order valence-electron chi connectivity index (χ2n) is 5.72. The monoisotopic (exact) mass is 281 g/mol. The van der Waals surface area contributed by atoms with Gasteiger partial charge in [-0.2, -0.15) is 5.10 Å². The third-order valence-corrected chi connectivity index (χ3v) is 2.61. The molecule has 0 aliphatic heterocycles. The van der Waals surface area contributed by atoms with E-state index in [0.29, 0.717) is 17.9 Å². The van der Waals surface area contributed by atoms with Crippen molar-refractivity contribution < 1.29 is 9.90 Å². The van der Waals surface area contributed by atoms with Gasteiger partial charge in [0.2, 0.25) is 5.91 Å². The summed E-state index contributed by atoms with van der Waals surface area (Å²) in [6, 6.07) is 1.73. The fraction of sp³-hybridized carbons (Fsp3) is 0.615. The van der Waals surface area contributed by atoms with Crippen molar-refractivity contribution in [3.63, 3.8) is 0 Å². The van der Waals surface area contributed by atoms with Gasteiger partial charge in [-0.1, -0.05) is 20.8 Å². The van der Waals surface area contributed by atoms with Gasteiger partial charge < -0.3 is 10.4 Å². The van der Waals surface area contributed by atoms with E-state index in [9.17, 15) is 9.90 Å². The van der Waals surface area contributed by atoms with Crippen LogP contribution in [-0.4, -0.2) is 34.4 Å². The molecule has 1 aromatic rings. The van der Waals surface area contributed by atoms with Crippen molar-refractivity contribution in [2.45, 2.75) is 40.2 Å². The summed E-state index contributed by atoms with van der Waals surface area (Å²) in [5, 5.41) is 20.4. The Labute approximate surface area is 119 Å². The predicted molar refractivity (Wildman–Crippen MR) is 78.2 cm³/mol. The van der Waals surface area contributed by atoms with E-state index in [2.05, 4.69) is 26.4 Å². The lowest BCUT2D eigenvalue weighted by Gasteiger charge is -2.18. The number of nitrogens with one attached hydrogen (secondary N) is 3. The van der Waals surface area contributed by atoms with E-state index in [1.807, 2.05) is 20.8 Å². The number of carbonyl (C=O) groups excluding carboxylic acids is 1. The first-order chi connectivity index (χ1) is 9.24. The summed E-state index contributed by atoms with van der Waals surface area (Å²) in [6.07, 6.45) is -0.0755. The Morgan fingerprint density at radius 2 is 2.05 bits per heavy atom. The number of amides is 1. The molecule has 7 heteroatoms. The third kappa shape index (κ3) is 4.65. The van der Waals surface area contributed by atoms with E-state index >= 15 is 0 Å². The van der Waals surface area contributed by atoms with Crippen LogP contribution in [0.4, 0.5) is 11.5 Å². The van der Waals surface area contributed by atoms with Gasteiger partial charge in [-0.05, 0) is 6.92 Å². The summed E-state index contributed by atoms with van der Waals surface area (Å²) in [6.45, 7) is 7.15. The highest BCUT2D eigenvalue weighted by molar-refractivity contribution is 5.82. The predicted octanol–water partition coefficient (Wildman–Crippen LogP) is 0.931. The van der Waals surface area contributed by atoms with Crippen LogP contribution in [0.25, 0.3) is 0 Å². The Morgan fingerprint density at radius 1 is 1.40 bits per heavy atom. The first kappa shape index (κ1) is 16.2. The molecule has 7 nitrogen and oxygen atoms in total. The molecule has 0 aliphatic rings. The van der Waals surface area contributed by atoms with Gasteiger partial charge >= 0.3 is 0 Å². The molecule has 1 aromatic heterocycles. The van der Waals surface area contributed by atoms with Crippen molar-refractivity contribution in [1.29, 1.82) is 0 Å². The van der Waals surface area contributed by atoms with E-state index in [0.717, 1.165) is 5.69 Å². The number of hydrogen-bond donors (Lipinski definition) is 4. The molecular formula is C13H23N5O2. The first-order valence-electron chi connectivity index (χ1n) is 6.53. The van der Waals surface area contributed by atoms with Gasteiger partial charge in [-0.15, -0.1) is 5.10 Å². The van der Waals surface area contributed by atoms with Gasteiger partial charge in [-0.3, -0.25) is 15.6 Å². The maximum Gasteiger partial charge on any atom is 0.243 e. The van der Waals surface area contributed by atoms with Crippen molar-refractivity contribution in [1.82, 2.24) is 15.6 Å². The van der Waals surface area contributed by atoms with E-state index in [1.54, 1.807) is 20.0 Å². The second-order valence-corrected chi connectivity index (χ2v) is 5.72. The summed E-state index contributed by atoms with van der Waals surface area (Å²) in [5.74, 6) is 0.291. The minimum absolute atomic E-state index is 0.140. The van der Waals surface area contributed by atoms with Crippen LogP contribution in [0.2, 0.25) is 0 Å². The largest absolute Gasteiger partial charge is 0.393 e. The van der Waals surface area contributed by atoms with E-state index in [-0.39, 0.29) is 5.91 Å². The number of aromatic nitrogens is 2. The van der Waals surface area contributed by atoms with E-state index in [4.69, 9.17) is 0 Å². The van der Waals surface area contributed by atoms with Gasteiger partial charge in [0.1, 0.15) is 0 Å². The number of hydrazine groups is 1.